The summed E-state index contributed by atoms with van der Waals surface area (Å²) in [5, 5.41) is 8.45. The summed E-state index contributed by atoms with van der Waals surface area (Å²) in [5.74, 6) is -6.49. The highest BCUT2D eigenvalue weighted by atomic mass is 32.2. The van der Waals surface area contributed by atoms with Crippen LogP contribution in [0.4, 0.5) is 26.3 Å². The zero-order chi connectivity index (χ0) is 16.4. The van der Waals surface area contributed by atoms with Crippen molar-refractivity contribution >= 4 is 16.8 Å². The summed E-state index contributed by atoms with van der Waals surface area (Å²) in [6, 6.07) is 2.94. The molecular formula is C11H8F6O3S. The molecule has 0 spiro atoms. The molecule has 0 bridgehead atoms. The molecule has 1 aromatic carbocycles. The molecule has 0 saturated carbocycles. The second-order valence-corrected chi connectivity index (χ2v) is 5.47. The van der Waals surface area contributed by atoms with Gasteiger partial charge in [0.15, 0.2) is 5.92 Å². The lowest BCUT2D eigenvalue weighted by molar-refractivity contribution is -0.188. The van der Waals surface area contributed by atoms with Gasteiger partial charge in [-0.05, 0) is 18.2 Å². The van der Waals surface area contributed by atoms with Gasteiger partial charge in [-0.1, -0.05) is 6.07 Å². The number of carbonyl (C=O) groups is 1. The minimum Gasteiger partial charge on any atom is -0.481 e. The Morgan fingerprint density at radius 1 is 1.19 bits per heavy atom. The minimum absolute atomic E-state index is 0.436. The van der Waals surface area contributed by atoms with Crippen LogP contribution >= 0.6 is 0 Å². The van der Waals surface area contributed by atoms with Gasteiger partial charge in [-0.25, -0.2) is 0 Å². The normalized spacial score (nSPS) is 15.5. The Morgan fingerprint density at radius 2 is 1.76 bits per heavy atom. The summed E-state index contributed by atoms with van der Waals surface area (Å²) < 4.78 is 86.2. The molecule has 0 fully saturated rings. The summed E-state index contributed by atoms with van der Waals surface area (Å²) >= 11 is 0. The first-order chi connectivity index (χ1) is 9.43. The van der Waals surface area contributed by atoms with Crippen LogP contribution in [0, 0.1) is 5.92 Å². The van der Waals surface area contributed by atoms with E-state index in [0.29, 0.717) is 12.1 Å². The second-order valence-electron chi connectivity index (χ2n) is 3.97. The van der Waals surface area contributed by atoms with Crippen molar-refractivity contribution in [1.82, 2.24) is 0 Å². The number of hydrogen-bond acceptors (Lipinski definition) is 2. The molecule has 0 aromatic heterocycles. The van der Waals surface area contributed by atoms with Crippen LogP contribution in [-0.2, 0) is 21.8 Å². The number of hydrogen-bond donors (Lipinski definition) is 1. The van der Waals surface area contributed by atoms with Gasteiger partial charge in [0.25, 0.3) is 0 Å². The Morgan fingerprint density at radius 3 is 2.19 bits per heavy atom. The molecule has 1 rings (SSSR count). The maximum Gasteiger partial charge on any atom is 0.416 e. The van der Waals surface area contributed by atoms with Gasteiger partial charge in [0, 0.05) is 4.90 Å². The van der Waals surface area contributed by atoms with Gasteiger partial charge in [0.2, 0.25) is 0 Å². The molecule has 2 unspecified atom stereocenters. The zero-order valence-electron chi connectivity index (χ0n) is 10.0. The summed E-state index contributed by atoms with van der Waals surface area (Å²) in [5.41, 5.74) is -1.17. The van der Waals surface area contributed by atoms with Crippen LogP contribution in [0.1, 0.15) is 5.56 Å². The third-order valence-electron chi connectivity index (χ3n) is 2.44. The number of rotatable bonds is 4. The van der Waals surface area contributed by atoms with Crippen molar-refractivity contribution < 1.29 is 40.5 Å². The molecule has 0 aliphatic heterocycles. The molecule has 0 aliphatic rings. The van der Waals surface area contributed by atoms with Gasteiger partial charge in [-0.3, -0.25) is 9.00 Å². The molecule has 0 aliphatic carbocycles. The van der Waals surface area contributed by atoms with Crippen molar-refractivity contribution in [3.05, 3.63) is 29.8 Å². The number of carboxylic acids is 1. The molecule has 0 saturated heterocycles. The summed E-state index contributed by atoms with van der Waals surface area (Å²) in [7, 11) is -2.53. The number of halogens is 6. The maximum absolute atomic E-state index is 12.4. The molecule has 0 heterocycles. The van der Waals surface area contributed by atoms with Gasteiger partial charge in [-0.2, -0.15) is 26.3 Å². The van der Waals surface area contributed by atoms with Crippen LogP contribution in [0.5, 0.6) is 0 Å². The van der Waals surface area contributed by atoms with E-state index in [4.69, 9.17) is 5.11 Å². The quantitative estimate of drug-likeness (QED) is 0.861. The average Bonchev–Trinajstić information content (AvgIpc) is 2.33. The van der Waals surface area contributed by atoms with E-state index in [2.05, 4.69) is 0 Å². The fourth-order valence-electron chi connectivity index (χ4n) is 1.37. The van der Waals surface area contributed by atoms with Crippen molar-refractivity contribution in [2.24, 2.45) is 5.92 Å². The van der Waals surface area contributed by atoms with Crippen molar-refractivity contribution in [2.75, 3.05) is 5.75 Å². The zero-order valence-corrected chi connectivity index (χ0v) is 10.9. The first kappa shape index (κ1) is 17.5. The molecule has 2 atom stereocenters. The highest BCUT2D eigenvalue weighted by Crippen LogP contribution is 2.32. The Labute approximate surface area is 117 Å². The van der Waals surface area contributed by atoms with E-state index in [9.17, 15) is 35.3 Å². The number of carboxylic acid groups (broad SMARTS) is 1. The minimum atomic E-state index is -5.14. The standard InChI is InChI=1S/C11H8F6O3S/c12-10(13,14)6-2-1-3-7(4-6)21(20)5-8(9(18)19)11(15,16)17/h1-4,8H,5H2,(H,18,19). The SMILES string of the molecule is O=C(O)C(CS(=O)c1cccc(C(F)(F)F)c1)C(F)(F)F. The lowest BCUT2D eigenvalue weighted by Crippen LogP contribution is -2.35. The molecular weight excluding hydrogens is 326 g/mol. The predicted molar refractivity (Wildman–Crippen MR) is 59.9 cm³/mol. The van der Waals surface area contributed by atoms with E-state index in [0.717, 1.165) is 12.1 Å². The fourth-order valence-corrected chi connectivity index (χ4v) is 2.68. The van der Waals surface area contributed by atoms with Crippen LogP contribution in [-0.4, -0.2) is 27.2 Å². The number of benzene rings is 1. The van der Waals surface area contributed by atoms with Crippen LogP contribution in [0.15, 0.2) is 29.2 Å². The largest absolute Gasteiger partial charge is 0.481 e. The number of aliphatic carboxylic acids is 1. The van der Waals surface area contributed by atoms with E-state index in [1.807, 2.05) is 0 Å². The molecule has 1 N–H and O–H groups in total. The van der Waals surface area contributed by atoms with Crippen molar-refractivity contribution in [3.63, 3.8) is 0 Å². The highest BCUT2D eigenvalue weighted by Gasteiger charge is 2.46. The van der Waals surface area contributed by atoms with Crippen molar-refractivity contribution in [3.8, 4) is 0 Å². The molecule has 0 radical (unpaired) electrons. The van der Waals surface area contributed by atoms with Crippen molar-refractivity contribution in [2.45, 2.75) is 17.2 Å². The van der Waals surface area contributed by atoms with Gasteiger partial charge in [0.05, 0.1) is 22.1 Å². The first-order valence-corrected chi connectivity index (χ1v) is 6.60. The first-order valence-electron chi connectivity index (χ1n) is 5.28. The Balaban J connectivity index is 3.02. The highest BCUT2D eigenvalue weighted by molar-refractivity contribution is 7.85. The van der Waals surface area contributed by atoms with E-state index in [1.54, 1.807) is 0 Å². The maximum atomic E-state index is 12.4. The van der Waals surface area contributed by atoms with Gasteiger partial charge < -0.3 is 5.11 Å². The summed E-state index contributed by atoms with van der Waals surface area (Å²) in [6.07, 6.45) is -9.88. The lowest BCUT2D eigenvalue weighted by Gasteiger charge is -2.16. The summed E-state index contributed by atoms with van der Waals surface area (Å²) in [4.78, 5) is 9.99. The van der Waals surface area contributed by atoms with Gasteiger partial charge >= 0.3 is 18.3 Å². The summed E-state index contributed by atoms with van der Waals surface area (Å²) in [6.45, 7) is 0. The monoisotopic (exact) mass is 334 g/mol. The molecule has 1 aromatic rings. The third kappa shape index (κ3) is 4.73. The molecule has 0 amide bonds. The lowest BCUT2D eigenvalue weighted by atomic mass is 10.2. The van der Waals surface area contributed by atoms with Crippen LogP contribution in [0.25, 0.3) is 0 Å². The van der Waals surface area contributed by atoms with E-state index in [-0.39, 0.29) is 0 Å². The number of alkyl halides is 6. The Hall–Kier alpha value is -1.58. The molecule has 118 valence electrons. The molecule has 3 nitrogen and oxygen atoms in total. The van der Waals surface area contributed by atoms with E-state index < -0.39 is 51.3 Å². The Bertz CT molecular complexity index is 552. The van der Waals surface area contributed by atoms with Crippen LogP contribution < -0.4 is 0 Å². The second kappa shape index (κ2) is 6.04. The Kier molecular flexibility index (Phi) is 5.03. The van der Waals surface area contributed by atoms with E-state index in [1.165, 1.54) is 0 Å². The van der Waals surface area contributed by atoms with Crippen LogP contribution in [0.2, 0.25) is 0 Å². The van der Waals surface area contributed by atoms with Gasteiger partial charge in [-0.15, -0.1) is 0 Å². The molecule has 10 heteroatoms. The fraction of sp³-hybridized carbons (Fsp3) is 0.364. The third-order valence-corrected chi connectivity index (χ3v) is 3.85. The van der Waals surface area contributed by atoms with Crippen molar-refractivity contribution in [1.29, 1.82) is 0 Å². The van der Waals surface area contributed by atoms with E-state index >= 15 is 0 Å². The average molecular weight is 334 g/mol. The van der Waals surface area contributed by atoms with Gasteiger partial charge in [0.1, 0.15) is 0 Å². The molecule has 21 heavy (non-hydrogen) atoms. The smallest absolute Gasteiger partial charge is 0.416 e. The van der Waals surface area contributed by atoms with Crippen LogP contribution in [0.3, 0.4) is 0 Å². The topological polar surface area (TPSA) is 54.4 Å². The predicted octanol–water partition coefficient (Wildman–Crippen LogP) is 3.08.